The molecule has 0 radical (unpaired) electrons. The lowest BCUT2D eigenvalue weighted by molar-refractivity contribution is -0.117. The van der Waals surface area contributed by atoms with Crippen molar-refractivity contribution >= 4 is 17.6 Å². The lowest BCUT2D eigenvalue weighted by Gasteiger charge is -2.19. The molecule has 1 aliphatic heterocycles. The minimum Gasteiger partial charge on any atom is -0.383 e. The fourth-order valence-electron chi connectivity index (χ4n) is 2.69. The Morgan fingerprint density at radius 3 is 2.78 bits per heavy atom. The van der Waals surface area contributed by atoms with Crippen molar-refractivity contribution in [3.63, 3.8) is 0 Å². The molecule has 0 unspecified atom stereocenters. The van der Waals surface area contributed by atoms with Gasteiger partial charge in [0.1, 0.15) is 0 Å². The van der Waals surface area contributed by atoms with E-state index in [9.17, 15) is 9.59 Å². The standard InChI is InChI=1S/C17H25N3O3/c1-11-5-6-15(7-12(11)2)20-9-14(8-16(20)21)19-17(22)18-13(3)10-23-4/h5-7,13-14H,8-10H2,1-4H3,(H2,18,19,22)/t13-,14+/m1/s1. The molecule has 2 rings (SSSR count). The third-order valence-corrected chi connectivity index (χ3v) is 4.06. The van der Waals surface area contributed by atoms with Gasteiger partial charge in [0.2, 0.25) is 5.91 Å². The maximum absolute atomic E-state index is 12.2. The maximum atomic E-state index is 12.2. The van der Waals surface area contributed by atoms with Gasteiger partial charge in [-0.1, -0.05) is 6.07 Å². The highest BCUT2D eigenvalue weighted by molar-refractivity contribution is 5.96. The van der Waals surface area contributed by atoms with E-state index in [1.807, 2.05) is 39.0 Å². The van der Waals surface area contributed by atoms with E-state index in [0.717, 1.165) is 11.3 Å². The first kappa shape index (κ1) is 17.3. The molecule has 3 amide bonds. The van der Waals surface area contributed by atoms with E-state index in [4.69, 9.17) is 4.74 Å². The van der Waals surface area contributed by atoms with Crippen molar-refractivity contribution in [1.82, 2.24) is 10.6 Å². The molecule has 1 fully saturated rings. The van der Waals surface area contributed by atoms with Gasteiger partial charge in [-0.3, -0.25) is 4.79 Å². The molecular weight excluding hydrogens is 294 g/mol. The van der Waals surface area contributed by atoms with Gasteiger partial charge in [-0.15, -0.1) is 0 Å². The summed E-state index contributed by atoms with van der Waals surface area (Å²) in [7, 11) is 1.59. The van der Waals surface area contributed by atoms with Gasteiger partial charge < -0.3 is 20.3 Å². The van der Waals surface area contributed by atoms with E-state index in [2.05, 4.69) is 10.6 Å². The van der Waals surface area contributed by atoms with Crippen LogP contribution in [0.4, 0.5) is 10.5 Å². The number of benzene rings is 1. The number of aryl methyl sites for hydroxylation is 2. The summed E-state index contributed by atoms with van der Waals surface area (Å²) < 4.78 is 4.98. The van der Waals surface area contributed by atoms with E-state index in [1.54, 1.807) is 12.0 Å². The summed E-state index contributed by atoms with van der Waals surface area (Å²) in [4.78, 5) is 25.9. The van der Waals surface area contributed by atoms with E-state index in [-0.39, 0.29) is 24.0 Å². The molecule has 0 aliphatic carbocycles. The van der Waals surface area contributed by atoms with Crippen LogP contribution in [-0.2, 0) is 9.53 Å². The second-order valence-corrected chi connectivity index (χ2v) is 6.15. The minimum atomic E-state index is -0.269. The number of ether oxygens (including phenoxy) is 1. The molecule has 6 nitrogen and oxygen atoms in total. The Balaban J connectivity index is 1.94. The topological polar surface area (TPSA) is 70.7 Å². The predicted octanol–water partition coefficient (Wildman–Crippen LogP) is 1.74. The van der Waals surface area contributed by atoms with E-state index >= 15 is 0 Å². The van der Waals surface area contributed by atoms with E-state index in [0.29, 0.717) is 19.6 Å². The molecule has 1 saturated heterocycles. The lowest BCUT2D eigenvalue weighted by atomic mass is 10.1. The van der Waals surface area contributed by atoms with Crippen molar-refractivity contribution in [3.8, 4) is 0 Å². The third-order valence-electron chi connectivity index (χ3n) is 4.06. The number of urea groups is 1. The highest BCUT2D eigenvalue weighted by Gasteiger charge is 2.31. The van der Waals surface area contributed by atoms with Crippen molar-refractivity contribution < 1.29 is 14.3 Å². The van der Waals surface area contributed by atoms with Gasteiger partial charge in [0, 0.05) is 25.8 Å². The van der Waals surface area contributed by atoms with Gasteiger partial charge in [-0.2, -0.15) is 0 Å². The van der Waals surface area contributed by atoms with Crippen molar-refractivity contribution in [3.05, 3.63) is 29.3 Å². The molecule has 2 N–H and O–H groups in total. The fourth-order valence-corrected chi connectivity index (χ4v) is 2.69. The number of hydrogen-bond donors (Lipinski definition) is 2. The second-order valence-electron chi connectivity index (χ2n) is 6.15. The molecule has 126 valence electrons. The summed E-state index contributed by atoms with van der Waals surface area (Å²) in [5, 5.41) is 5.65. The molecule has 1 aliphatic rings. The average Bonchev–Trinajstić information content (AvgIpc) is 2.82. The number of nitrogens with one attached hydrogen (secondary N) is 2. The predicted molar refractivity (Wildman–Crippen MR) is 89.7 cm³/mol. The summed E-state index contributed by atoms with van der Waals surface area (Å²) in [6.45, 7) is 6.88. The van der Waals surface area contributed by atoms with E-state index < -0.39 is 0 Å². The highest BCUT2D eigenvalue weighted by Crippen LogP contribution is 2.24. The fraction of sp³-hybridized carbons (Fsp3) is 0.529. The SMILES string of the molecule is COC[C@@H](C)NC(=O)N[C@H]1CC(=O)N(c2ccc(C)c(C)c2)C1. The van der Waals surface area contributed by atoms with Gasteiger partial charge >= 0.3 is 6.03 Å². The highest BCUT2D eigenvalue weighted by atomic mass is 16.5. The van der Waals surface area contributed by atoms with Gasteiger partial charge in [-0.25, -0.2) is 4.79 Å². The van der Waals surface area contributed by atoms with Crippen LogP contribution in [-0.4, -0.2) is 44.3 Å². The van der Waals surface area contributed by atoms with Crippen molar-refractivity contribution in [2.24, 2.45) is 0 Å². The maximum Gasteiger partial charge on any atom is 0.315 e. The lowest BCUT2D eigenvalue weighted by Crippen LogP contribution is -2.47. The number of anilines is 1. The number of methoxy groups -OCH3 is 1. The zero-order valence-electron chi connectivity index (χ0n) is 14.2. The van der Waals surface area contributed by atoms with Crippen LogP contribution in [0, 0.1) is 13.8 Å². The molecule has 6 heteroatoms. The first-order valence-corrected chi connectivity index (χ1v) is 7.84. The Morgan fingerprint density at radius 1 is 1.39 bits per heavy atom. The molecule has 1 aromatic rings. The van der Waals surface area contributed by atoms with E-state index in [1.165, 1.54) is 5.56 Å². The van der Waals surface area contributed by atoms with Crippen LogP contribution in [0.5, 0.6) is 0 Å². The summed E-state index contributed by atoms with van der Waals surface area (Å²) >= 11 is 0. The second kappa shape index (κ2) is 7.46. The van der Waals surface area contributed by atoms with Crippen LogP contribution in [0.2, 0.25) is 0 Å². The number of hydrogen-bond acceptors (Lipinski definition) is 3. The van der Waals surface area contributed by atoms with Crippen LogP contribution in [0.1, 0.15) is 24.5 Å². The molecule has 1 aromatic carbocycles. The van der Waals surface area contributed by atoms with Crippen molar-refractivity contribution in [2.45, 2.75) is 39.3 Å². The minimum absolute atomic E-state index is 0.0310. The average molecular weight is 319 g/mol. The zero-order valence-corrected chi connectivity index (χ0v) is 14.2. The molecular formula is C17H25N3O3. The number of carbonyl (C=O) groups is 2. The molecule has 0 bridgehead atoms. The van der Waals surface area contributed by atoms with Crippen LogP contribution in [0.25, 0.3) is 0 Å². The number of amides is 3. The zero-order chi connectivity index (χ0) is 17.0. The number of carbonyl (C=O) groups excluding carboxylic acids is 2. The summed E-state index contributed by atoms with van der Waals surface area (Å²) in [5.74, 6) is 0.0310. The monoisotopic (exact) mass is 319 g/mol. The van der Waals surface area contributed by atoms with Gasteiger partial charge in [0.15, 0.2) is 0 Å². The third kappa shape index (κ3) is 4.45. The smallest absolute Gasteiger partial charge is 0.315 e. The van der Waals surface area contributed by atoms with Gasteiger partial charge in [0.05, 0.1) is 18.7 Å². The Bertz CT molecular complexity index is 588. The Morgan fingerprint density at radius 2 is 2.13 bits per heavy atom. The Labute approximate surface area is 137 Å². The van der Waals surface area contributed by atoms with Crippen molar-refractivity contribution in [2.75, 3.05) is 25.2 Å². The molecule has 2 atom stereocenters. The molecule has 0 saturated carbocycles. The van der Waals surface area contributed by atoms with Gasteiger partial charge in [0.25, 0.3) is 0 Å². The first-order valence-electron chi connectivity index (χ1n) is 7.84. The summed E-state index contributed by atoms with van der Waals surface area (Å²) in [5.41, 5.74) is 3.23. The normalized spacial score (nSPS) is 18.9. The van der Waals surface area contributed by atoms with Gasteiger partial charge in [-0.05, 0) is 44.0 Å². The molecule has 23 heavy (non-hydrogen) atoms. The van der Waals surface area contributed by atoms with Crippen molar-refractivity contribution in [1.29, 1.82) is 0 Å². The van der Waals surface area contributed by atoms with Crippen LogP contribution < -0.4 is 15.5 Å². The number of rotatable bonds is 5. The number of nitrogens with zero attached hydrogens (tertiary/aromatic N) is 1. The van der Waals surface area contributed by atoms with Crippen LogP contribution in [0.15, 0.2) is 18.2 Å². The Hall–Kier alpha value is -2.08. The van der Waals surface area contributed by atoms with Crippen LogP contribution in [0.3, 0.4) is 0 Å². The quantitative estimate of drug-likeness (QED) is 0.868. The van der Waals surface area contributed by atoms with Crippen LogP contribution >= 0.6 is 0 Å². The summed E-state index contributed by atoms with van der Waals surface area (Å²) in [6, 6.07) is 5.44. The molecule has 1 heterocycles. The largest absolute Gasteiger partial charge is 0.383 e. The Kier molecular flexibility index (Phi) is 5.60. The first-order chi connectivity index (χ1) is 10.9. The molecule has 0 aromatic heterocycles. The molecule has 0 spiro atoms. The summed E-state index contributed by atoms with van der Waals surface area (Å²) in [6.07, 6.45) is 0.318.